The molecule has 3 N–H and O–H groups in total. The smallest absolute Gasteiger partial charge is 0.407 e. The van der Waals surface area contributed by atoms with Crippen LogP contribution in [0.1, 0.15) is 50.2 Å². The standard InChI is InChI=1S/C22H29N3O5/c1-5-16(12-24-21(28)30-22(2,3)4)25-20(27)17-11-18(26)19(13-23-17)29-14-15-9-7-6-8-10-15/h6-11,13,16H,5,12,14H2,1-4H3,(H,23,26)(H,24,28)(H,25,27). The highest BCUT2D eigenvalue weighted by Crippen LogP contribution is 2.08. The maximum atomic E-state index is 12.5. The zero-order chi connectivity index (χ0) is 22.1. The third-order valence-electron chi connectivity index (χ3n) is 4.08. The number of carbonyl (C=O) groups is 2. The van der Waals surface area contributed by atoms with Gasteiger partial charge in [0.1, 0.15) is 17.9 Å². The van der Waals surface area contributed by atoms with E-state index in [0.29, 0.717) is 6.42 Å². The summed E-state index contributed by atoms with van der Waals surface area (Å²) in [5.74, 6) is -0.311. The molecule has 8 heteroatoms. The van der Waals surface area contributed by atoms with Gasteiger partial charge < -0.3 is 25.1 Å². The molecule has 0 fully saturated rings. The number of pyridine rings is 1. The van der Waals surface area contributed by atoms with Crippen molar-refractivity contribution in [3.8, 4) is 5.75 Å². The van der Waals surface area contributed by atoms with Gasteiger partial charge in [0.15, 0.2) is 5.75 Å². The molecule has 0 aliphatic rings. The summed E-state index contributed by atoms with van der Waals surface area (Å²) in [4.78, 5) is 39.3. The lowest BCUT2D eigenvalue weighted by Gasteiger charge is -2.22. The second-order valence-electron chi connectivity index (χ2n) is 7.81. The molecule has 30 heavy (non-hydrogen) atoms. The predicted molar refractivity (Wildman–Crippen MR) is 114 cm³/mol. The summed E-state index contributed by atoms with van der Waals surface area (Å²) in [7, 11) is 0. The van der Waals surface area contributed by atoms with Crippen LogP contribution in [0.3, 0.4) is 0 Å². The van der Waals surface area contributed by atoms with Gasteiger partial charge in [-0.15, -0.1) is 0 Å². The van der Waals surface area contributed by atoms with Crippen LogP contribution in [0.25, 0.3) is 0 Å². The van der Waals surface area contributed by atoms with E-state index in [2.05, 4.69) is 15.6 Å². The number of H-pyrrole nitrogens is 1. The molecule has 1 aromatic carbocycles. The number of nitrogens with one attached hydrogen (secondary N) is 3. The Kier molecular flexibility index (Phi) is 8.03. The van der Waals surface area contributed by atoms with Crippen LogP contribution < -0.4 is 20.8 Å². The Morgan fingerprint density at radius 3 is 2.47 bits per heavy atom. The summed E-state index contributed by atoms with van der Waals surface area (Å²) >= 11 is 0. The van der Waals surface area contributed by atoms with Crippen LogP contribution in [-0.2, 0) is 11.3 Å². The van der Waals surface area contributed by atoms with Crippen LogP contribution in [-0.4, -0.2) is 35.2 Å². The van der Waals surface area contributed by atoms with E-state index < -0.39 is 23.0 Å². The molecule has 2 rings (SSSR count). The Morgan fingerprint density at radius 2 is 1.87 bits per heavy atom. The van der Waals surface area contributed by atoms with E-state index in [1.807, 2.05) is 37.3 Å². The normalized spacial score (nSPS) is 12.0. The van der Waals surface area contributed by atoms with Crippen molar-refractivity contribution in [3.63, 3.8) is 0 Å². The Morgan fingerprint density at radius 1 is 1.17 bits per heavy atom. The van der Waals surface area contributed by atoms with Gasteiger partial charge in [0.2, 0.25) is 5.43 Å². The quantitative estimate of drug-likeness (QED) is 0.614. The third kappa shape index (κ3) is 7.62. The first-order valence-corrected chi connectivity index (χ1v) is 9.85. The molecule has 0 bridgehead atoms. The summed E-state index contributed by atoms with van der Waals surface area (Å²) in [6.07, 6.45) is 1.41. The molecule has 0 spiro atoms. The molecule has 8 nitrogen and oxygen atoms in total. The van der Waals surface area contributed by atoms with Crippen molar-refractivity contribution in [3.05, 3.63) is 64.1 Å². The largest absolute Gasteiger partial charge is 0.483 e. The number of aromatic amines is 1. The number of benzene rings is 1. The average Bonchev–Trinajstić information content (AvgIpc) is 2.69. The van der Waals surface area contributed by atoms with Crippen molar-refractivity contribution in [1.82, 2.24) is 15.6 Å². The van der Waals surface area contributed by atoms with E-state index in [1.54, 1.807) is 20.8 Å². The fourth-order valence-corrected chi connectivity index (χ4v) is 2.52. The molecule has 1 unspecified atom stereocenters. The van der Waals surface area contributed by atoms with Gasteiger partial charge in [0, 0.05) is 24.8 Å². The summed E-state index contributed by atoms with van der Waals surface area (Å²) in [6.45, 7) is 7.66. The summed E-state index contributed by atoms with van der Waals surface area (Å²) < 4.78 is 10.7. The third-order valence-corrected chi connectivity index (χ3v) is 4.08. The summed E-state index contributed by atoms with van der Waals surface area (Å²) in [5, 5.41) is 5.42. The number of rotatable bonds is 8. The highest BCUT2D eigenvalue weighted by molar-refractivity contribution is 5.92. The molecule has 1 atom stereocenters. The summed E-state index contributed by atoms with van der Waals surface area (Å²) in [5.41, 5.74) is 0.0540. The lowest BCUT2D eigenvalue weighted by atomic mass is 10.2. The molecule has 0 radical (unpaired) electrons. The van der Waals surface area contributed by atoms with Crippen LogP contribution in [0.15, 0.2) is 47.4 Å². The molecule has 0 aliphatic heterocycles. The zero-order valence-corrected chi connectivity index (χ0v) is 17.8. The fraction of sp³-hybridized carbons (Fsp3) is 0.409. The number of amides is 2. The van der Waals surface area contributed by atoms with Gasteiger partial charge in [-0.05, 0) is 32.8 Å². The first-order chi connectivity index (χ1) is 14.2. The molecular formula is C22H29N3O5. The van der Waals surface area contributed by atoms with Gasteiger partial charge in [0.05, 0.1) is 0 Å². The lowest BCUT2D eigenvalue weighted by molar-refractivity contribution is 0.0519. The van der Waals surface area contributed by atoms with Crippen LogP contribution >= 0.6 is 0 Å². The number of hydrogen-bond acceptors (Lipinski definition) is 5. The minimum absolute atomic E-state index is 0.114. The first-order valence-electron chi connectivity index (χ1n) is 9.85. The van der Waals surface area contributed by atoms with Crippen LogP contribution in [0.2, 0.25) is 0 Å². The predicted octanol–water partition coefficient (Wildman–Crippen LogP) is 2.99. The second kappa shape index (κ2) is 10.5. The van der Waals surface area contributed by atoms with Crippen molar-refractivity contribution in [2.75, 3.05) is 6.54 Å². The van der Waals surface area contributed by atoms with Crippen molar-refractivity contribution in [2.45, 2.75) is 52.4 Å². The Bertz CT molecular complexity index is 903. The number of alkyl carbamates (subject to hydrolysis) is 1. The highest BCUT2D eigenvalue weighted by Gasteiger charge is 2.18. The molecule has 0 aliphatic carbocycles. The molecule has 2 amide bonds. The SMILES string of the molecule is CCC(CNC(=O)OC(C)(C)C)NC(=O)c1cc(=O)c(OCc2ccccc2)c[nH]1. The first kappa shape index (κ1) is 23.0. The number of hydrogen-bond donors (Lipinski definition) is 3. The molecule has 2 aromatic rings. The van der Waals surface area contributed by atoms with Gasteiger partial charge in [0.25, 0.3) is 5.91 Å². The van der Waals surface area contributed by atoms with E-state index in [9.17, 15) is 14.4 Å². The van der Waals surface area contributed by atoms with Gasteiger partial charge in [-0.25, -0.2) is 4.79 Å². The van der Waals surface area contributed by atoms with E-state index in [0.717, 1.165) is 5.56 Å². The van der Waals surface area contributed by atoms with Gasteiger partial charge in [-0.2, -0.15) is 0 Å². The fourth-order valence-electron chi connectivity index (χ4n) is 2.52. The van der Waals surface area contributed by atoms with Crippen molar-refractivity contribution < 1.29 is 19.1 Å². The number of carbonyl (C=O) groups excluding carboxylic acids is 2. The lowest BCUT2D eigenvalue weighted by Crippen LogP contribution is -2.44. The number of ether oxygens (including phenoxy) is 2. The van der Waals surface area contributed by atoms with Crippen LogP contribution in [0.5, 0.6) is 5.75 Å². The van der Waals surface area contributed by atoms with E-state index in [1.165, 1.54) is 12.3 Å². The Hall–Kier alpha value is -3.29. The minimum atomic E-state index is -0.598. The number of aromatic nitrogens is 1. The molecule has 162 valence electrons. The highest BCUT2D eigenvalue weighted by atomic mass is 16.6. The van der Waals surface area contributed by atoms with Crippen molar-refractivity contribution >= 4 is 12.0 Å². The maximum Gasteiger partial charge on any atom is 0.407 e. The minimum Gasteiger partial charge on any atom is -0.483 e. The average molecular weight is 415 g/mol. The molecular weight excluding hydrogens is 386 g/mol. The van der Waals surface area contributed by atoms with Crippen molar-refractivity contribution in [1.29, 1.82) is 0 Å². The Labute approximate surface area is 176 Å². The van der Waals surface area contributed by atoms with E-state index in [-0.39, 0.29) is 30.6 Å². The molecule has 0 saturated heterocycles. The van der Waals surface area contributed by atoms with E-state index >= 15 is 0 Å². The molecule has 1 heterocycles. The zero-order valence-electron chi connectivity index (χ0n) is 17.8. The van der Waals surface area contributed by atoms with Gasteiger partial charge in [-0.3, -0.25) is 9.59 Å². The van der Waals surface area contributed by atoms with Gasteiger partial charge in [-0.1, -0.05) is 37.3 Å². The summed E-state index contributed by atoms with van der Waals surface area (Å²) in [6, 6.07) is 10.3. The Balaban J connectivity index is 1.91. The topological polar surface area (TPSA) is 110 Å². The van der Waals surface area contributed by atoms with Crippen LogP contribution in [0, 0.1) is 0 Å². The maximum absolute atomic E-state index is 12.5. The van der Waals surface area contributed by atoms with E-state index in [4.69, 9.17) is 9.47 Å². The van der Waals surface area contributed by atoms with Crippen LogP contribution in [0.4, 0.5) is 4.79 Å². The second-order valence-corrected chi connectivity index (χ2v) is 7.81. The van der Waals surface area contributed by atoms with Gasteiger partial charge >= 0.3 is 6.09 Å². The molecule has 0 saturated carbocycles. The monoisotopic (exact) mass is 415 g/mol. The molecule has 1 aromatic heterocycles. The van der Waals surface area contributed by atoms with Crippen molar-refractivity contribution in [2.24, 2.45) is 0 Å².